The molecule has 0 saturated carbocycles. The standard InChI is InChI=1S/C25H27ClN2O3S/c1-17(2)15-24(19-7-5-4-6-8-19)27-25(29)22-16-20(11-14-23(22)26)28-32(30,31)21-12-9-18(3)10-13-21/h4-14,16-17,24,28H,15H2,1-3H3,(H,27,29). The molecule has 3 aromatic carbocycles. The van der Waals surface area contributed by atoms with Crippen molar-refractivity contribution in [3.05, 3.63) is 94.5 Å². The molecule has 1 unspecified atom stereocenters. The molecular weight excluding hydrogens is 444 g/mol. The van der Waals surface area contributed by atoms with Gasteiger partial charge in [-0.1, -0.05) is 73.5 Å². The third-order valence-corrected chi connectivity index (χ3v) is 6.74. The normalized spacial score (nSPS) is 12.4. The highest BCUT2D eigenvalue weighted by molar-refractivity contribution is 7.92. The van der Waals surface area contributed by atoms with E-state index in [2.05, 4.69) is 23.9 Å². The third kappa shape index (κ3) is 6.11. The van der Waals surface area contributed by atoms with E-state index in [0.717, 1.165) is 17.5 Å². The molecule has 168 valence electrons. The summed E-state index contributed by atoms with van der Waals surface area (Å²) in [6.07, 6.45) is 0.757. The van der Waals surface area contributed by atoms with Gasteiger partial charge in [0.15, 0.2) is 0 Å². The Morgan fingerprint density at radius 3 is 2.25 bits per heavy atom. The second kappa shape index (κ2) is 10.2. The number of nitrogens with one attached hydrogen (secondary N) is 2. The molecule has 0 aliphatic carbocycles. The van der Waals surface area contributed by atoms with Crippen LogP contribution in [0.15, 0.2) is 77.7 Å². The van der Waals surface area contributed by atoms with Crippen LogP contribution in [0.25, 0.3) is 0 Å². The number of rotatable bonds is 8. The highest BCUT2D eigenvalue weighted by atomic mass is 35.5. The maximum absolute atomic E-state index is 13.1. The van der Waals surface area contributed by atoms with Gasteiger partial charge in [0.25, 0.3) is 15.9 Å². The number of hydrogen-bond donors (Lipinski definition) is 2. The summed E-state index contributed by atoms with van der Waals surface area (Å²) in [7, 11) is -3.79. The van der Waals surface area contributed by atoms with Crippen molar-refractivity contribution in [3.8, 4) is 0 Å². The summed E-state index contributed by atoms with van der Waals surface area (Å²) in [5.41, 5.74) is 2.44. The Bertz CT molecular complexity index is 1180. The summed E-state index contributed by atoms with van der Waals surface area (Å²) in [4.78, 5) is 13.2. The van der Waals surface area contributed by atoms with Gasteiger partial charge in [0.2, 0.25) is 0 Å². The summed E-state index contributed by atoms with van der Waals surface area (Å²) in [5.74, 6) is 0.00418. The lowest BCUT2D eigenvalue weighted by Gasteiger charge is -2.22. The number of hydrogen-bond acceptors (Lipinski definition) is 3. The van der Waals surface area contributed by atoms with Crippen LogP contribution in [0.1, 0.15) is 47.8 Å². The highest BCUT2D eigenvalue weighted by Crippen LogP contribution is 2.26. The molecule has 7 heteroatoms. The largest absolute Gasteiger partial charge is 0.345 e. The van der Waals surface area contributed by atoms with Crippen molar-refractivity contribution in [2.75, 3.05) is 4.72 Å². The number of sulfonamides is 1. The summed E-state index contributed by atoms with van der Waals surface area (Å²) in [6, 6.07) is 20.6. The van der Waals surface area contributed by atoms with Gasteiger partial charge in [0.05, 0.1) is 21.5 Å². The fourth-order valence-electron chi connectivity index (χ4n) is 3.37. The highest BCUT2D eigenvalue weighted by Gasteiger charge is 2.20. The first-order chi connectivity index (χ1) is 15.2. The maximum Gasteiger partial charge on any atom is 0.261 e. The van der Waals surface area contributed by atoms with E-state index in [4.69, 9.17) is 11.6 Å². The zero-order chi connectivity index (χ0) is 23.3. The molecule has 3 aromatic rings. The summed E-state index contributed by atoms with van der Waals surface area (Å²) in [5, 5.41) is 3.30. The van der Waals surface area contributed by atoms with Crippen molar-refractivity contribution in [1.29, 1.82) is 0 Å². The fourth-order valence-corrected chi connectivity index (χ4v) is 4.62. The molecule has 0 radical (unpaired) electrons. The van der Waals surface area contributed by atoms with Crippen LogP contribution in [0.4, 0.5) is 5.69 Å². The summed E-state index contributed by atoms with van der Waals surface area (Å²) < 4.78 is 28.0. The van der Waals surface area contributed by atoms with Gasteiger partial charge in [-0.15, -0.1) is 0 Å². The van der Waals surface area contributed by atoms with E-state index < -0.39 is 10.0 Å². The average Bonchev–Trinajstić information content (AvgIpc) is 2.75. The molecule has 0 fully saturated rings. The number of anilines is 1. The minimum absolute atomic E-state index is 0.144. The second-order valence-electron chi connectivity index (χ2n) is 8.18. The van der Waals surface area contributed by atoms with E-state index >= 15 is 0 Å². The van der Waals surface area contributed by atoms with Crippen LogP contribution >= 0.6 is 11.6 Å². The minimum atomic E-state index is -3.79. The molecule has 5 nitrogen and oxygen atoms in total. The number of amides is 1. The first-order valence-electron chi connectivity index (χ1n) is 10.4. The van der Waals surface area contributed by atoms with Crippen molar-refractivity contribution in [3.63, 3.8) is 0 Å². The monoisotopic (exact) mass is 470 g/mol. The third-order valence-electron chi connectivity index (χ3n) is 5.01. The van der Waals surface area contributed by atoms with Gasteiger partial charge in [-0.3, -0.25) is 9.52 Å². The van der Waals surface area contributed by atoms with Crippen LogP contribution in [0.3, 0.4) is 0 Å². The Kier molecular flexibility index (Phi) is 7.59. The lowest BCUT2D eigenvalue weighted by Crippen LogP contribution is -2.30. The Morgan fingerprint density at radius 2 is 1.62 bits per heavy atom. The topological polar surface area (TPSA) is 75.3 Å². The lowest BCUT2D eigenvalue weighted by molar-refractivity contribution is 0.0932. The van der Waals surface area contributed by atoms with Gasteiger partial charge in [-0.25, -0.2) is 8.42 Å². The van der Waals surface area contributed by atoms with Gasteiger partial charge in [0.1, 0.15) is 0 Å². The van der Waals surface area contributed by atoms with Crippen molar-refractivity contribution < 1.29 is 13.2 Å². The molecule has 0 aromatic heterocycles. The Balaban J connectivity index is 1.84. The smallest absolute Gasteiger partial charge is 0.261 e. The molecule has 0 bridgehead atoms. The molecule has 1 amide bonds. The molecule has 0 saturated heterocycles. The zero-order valence-electron chi connectivity index (χ0n) is 18.3. The molecule has 0 aliphatic heterocycles. The Morgan fingerprint density at radius 1 is 0.969 bits per heavy atom. The second-order valence-corrected chi connectivity index (χ2v) is 10.3. The van der Waals surface area contributed by atoms with E-state index in [0.29, 0.717) is 5.92 Å². The van der Waals surface area contributed by atoms with Crippen molar-refractivity contribution in [2.24, 2.45) is 5.92 Å². The number of halogens is 1. The molecule has 0 aliphatic rings. The van der Waals surface area contributed by atoms with Crippen LogP contribution < -0.4 is 10.0 Å². The van der Waals surface area contributed by atoms with Gasteiger partial charge in [-0.2, -0.15) is 0 Å². The van der Waals surface area contributed by atoms with Crippen LogP contribution in [0, 0.1) is 12.8 Å². The lowest BCUT2D eigenvalue weighted by atomic mass is 9.96. The summed E-state index contributed by atoms with van der Waals surface area (Å²) in [6.45, 7) is 6.07. The minimum Gasteiger partial charge on any atom is -0.345 e. The molecule has 32 heavy (non-hydrogen) atoms. The van der Waals surface area contributed by atoms with Gasteiger partial charge < -0.3 is 5.32 Å². The summed E-state index contributed by atoms with van der Waals surface area (Å²) >= 11 is 6.29. The van der Waals surface area contributed by atoms with E-state index in [1.54, 1.807) is 12.1 Å². The van der Waals surface area contributed by atoms with Crippen molar-refractivity contribution >= 4 is 33.2 Å². The van der Waals surface area contributed by atoms with Gasteiger partial charge >= 0.3 is 0 Å². The Labute approximate surface area is 194 Å². The predicted octanol–water partition coefficient (Wildman–Crippen LogP) is 5.97. The first-order valence-corrected chi connectivity index (χ1v) is 12.3. The quantitative estimate of drug-likeness (QED) is 0.426. The SMILES string of the molecule is Cc1ccc(S(=O)(=O)Nc2ccc(Cl)c(C(=O)NC(CC(C)C)c3ccccc3)c2)cc1. The number of carbonyl (C=O) groups excluding carboxylic acids is 1. The van der Waals surface area contributed by atoms with Crippen molar-refractivity contribution in [2.45, 2.75) is 38.1 Å². The van der Waals surface area contributed by atoms with E-state index in [1.807, 2.05) is 37.3 Å². The van der Waals surface area contributed by atoms with Crippen molar-refractivity contribution in [1.82, 2.24) is 5.32 Å². The zero-order valence-corrected chi connectivity index (χ0v) is 19.9. The van der Waals surface area contributed by atoms with Gasteiger partial charge in [0, 0.05) is 5.69 Å². The van der Waals surface area contributed by atoms with Crippen LogP contribution in [-0.4, -0.2) is 14.3 Å². The van der Waals surface area contributed by atoms with Crippen LogP contribution in [0.5, 0.6) is 0 Å². The maximum atomic E-state index is 13.1. The average molecular weight is 471 g/mol. The number of aryl methyl sites for hydroxylation is 1. The van der Waals surface area contributed by atoms with Crippen LogP contribution in [-0.2, 0) is 10.0 Å². The van der Waals surface area contributed by atoms with E-state index in [-0.39, 0.29) is 33.1 Å². The fraction of sp³-hybridized carbons (Fsp3) is 0.240. The molecular formula is C25H27ClN2O3S. The Hall–Kier alpha value is -2.83. The van der Waals surface area contributed by atoms with Gasteiger partial charge in [-0.05, 0) is 55.2 Å². The predicted molar refractivity (Wildman–Crippen MR) is 130 cm³/mol. The number of carbonyl (C=O) groups is 1. The first kappa shape index (κ1) is 23.8. The van der Waals surface area contributed by atoms with E-state index in [9.17, 15) is 13.2 Å². The van der Waals surface area contributed by atoms with E-state index in [1.165, 1.54) is 30.3 Å². The molecule has 0 spiro atoms. The van der Waals surface area contributed by atoms with Crippen LogP contribution in [0.2, 0.25) is 5.02 Å². The molecule has 1 atom stereocenters. The molecule has 0 heterocycles. The molecule has 2 N–H and O–H groups in total. The molecule has 3 rings (SSSR count). The number of benzene rings is 3.